The van der Waals surface area contributed by atoms with E-state index in [4.69, 9.17) is 5.26 Å². The van der Waals surface area contributed by atoms with Gasteiger partial charge in [0.05, 0.1) is 12.5 Å². The molecule has 1 aromatic rings. The SMILES string of the molecule is N#CCC(NCCN1CCCC1)c1ccccc1. The zero-order valence-corrected chi connectivity index (χ0v) is 10.8. The zero-order chi connectivity index (χ0) is 12.6. The number of hydrogen-bond donors (Lipinski definition) is 1. The maximum atomic E-state index is 8.91. The van der Waals surface area contributed by atoms with E-state index < -0.39 is 0 Å². The fourth-order valence-electron chi connectivity index (χ4n) is 2.49. The lowest BCUT2D eigenvalue weighted by atomic mass is 10.0. The smallest absolute Gasteiger partial charge is 0.0641 e. The average molecular weight is 243 g/mol. The fraction of sp³-hybridized carbons (Fsp3) is 0.533. The summed E-state index contributed by atoms with van der Waals surface area (Å²) in [4.78, 5) is 2.49. The zero-order valence-electron chi connectivity index (χ0n) is 10.8. The molecule has 3 heteroatoms. The van der Waals surface area contributed by atoms with Gasteiger partial charge in [0.15, 0.2) is 0 Å². The number of nitriles is 1. The van der Waals surface area contributed by atoms with Crippen molar-refractivity contribution in [2.24, 2.45) is 0 Å². The van der Waals surface area contributed by atoms with E-state index in [0.29, 0.717) is 6.42 Å². The summed E-state index contributed by atoms with van der Waals surface area (Å²) in [6.07, 6.45) is 3.20. The van der Waals surface area contributed by atoms with Gasteiger partial charge >= 0.3 is 0 Å². The minimum absolute atomic E-state index is 0.166. The summed E-state index contributed by atoms with van der Waals surface area (Å²) < 4.78 is 0. The first-order valence-electron chi connectivity index (χ1n) is 6.78. The van der Waals surface area contributed by atoms with Crippen LogP contribution in [0.3, 0.4) is 0 Å². The Balaban J connectivity index is 1.81. The highest BCUT2D eigenvalue weighted by molar-refractivity contribution is 5.19. The molecule has 1 N–H and O–H groups in total. The summed E-state index contributed by atoms with van der Waals surface area (Å²) >= 11 is 0. The third-order valence-electron chi connectivity index (χ3n) is 3.51. The summed E-state index contributed by atoms with van der Waals surface area (Å²) in [7, 11) is 0. The molecule has 0 bridgehead atoms. The second-order valence-corrected chi connectivity index (χ2v) is 4.83. The van der Waals surface area contributed by atoms with Gasteiger partial charge in [-0.2, -0.15) is 5.26 Å². The highest BCUT2D eigenvalue weighted by atomic mass is 15.2. The number of likely N-dealkylation sites (tertiary alicyclic amines) is 1. The van der Waals surface area contributed by atoms with Crippen LogP contribution in [0, 0.1) is 11.3 Å². The lowest BCUT2D eigenvalue weighted by molar-refractivity contribution is 0.328. The molecule has 1 aliphatic heterocycles. The first-order valence-corrected chi connectivity index (χ1v) is 6.78. The van der Waals surface area contributed by atoms with E-state index in [1.807, 2.05) is 18.2 Å². The Labute approximate surface area is 109 Å². The second kappa shape index (κ2) is 7.15. The molecule has 2 rings (SSSR count). The fourth-order valence-corrected chi connectivity index (χ4v) is 2.49. The van der Waals surface area contributed by atoms with Crippen LogP contribution in [-0.4, -0.2) is 31.1 Å². The van der Waals surface area contributed by atoms with Crippen LogP contribution < -0.4 is 5.32 Å². The Bertz CT molecular complexity index is 376. The quantitative estimate of drug-likeness (QED) is 0.833. The van der Waals surface area contributed by atoms with Gasteiger partial charge < -0.3 is 10.2 Å². The molecule has 0 amide bonds. The van der Waals surface area contributed by atoms with Gasteiger partial charge in [-0.1, -0.05) is 30.3 Å². The Morgan fingerprint density at radius 1 is 1.22 bits per heavy atom. The molecule has 1 heterocycles. The van der Waals surface area contributed by atoms with E-state index in [2.05, 4.69) is 28.4 Å². The maximum Gasteiger partial charge on any atom is 0.0641 e. The molecule has 1 aromatic carbocycles. The Kier molecular flexibility index (Phi) is 5.19. The largest absolute Gasteiger partial charge is 0.308 e. The molecule has 1 fully saturated rings. The molecule has 0 saturated carbocycles. The summed E-state index contributed by atoms with van der Waals surface area (Å²) in [5.74, 6) is 0. The Hall–Kier alpha value is -1.37. The highest BCUT2D eigenvalue weighted by Gasteiger charge is 2.13. The van der Waals surface area contributed by atoms with Crippen molar-refractivity contribution >= 4 is 0 Å². The molecule has 0 aromatic heterocycles. The molecular weight excluding hydrogens is 222 g/mol. The standard InChI is InChI=1S/C15H21N3/c16-9-8-15(14-6-2-1-3-7-14)17-10-13-18-11-4-5-12-18/h1-3,6-7,15,17H,4-5,8,10-13H2. The molecule has 18 heavy (non-hydrogen) atoms. The van der Waals surface area contributed by atoms with Crippen LogP contribution in [0.4, 0.5) is 0 Å². The van der Waals surface area contributed by atoms with Crippen molar-refractivity contribution in [1.82, 2.24) is 10.2 Å². The van der Waals surface area contributed by atoms with Gasteiger partial charge in [0.1, 0.15) is 0 Å². The van der Waals surface area contributed by atoms with Crippen molar-refractivity contribution < 1.29 is 0 Å². The van der Waals surface area contributed by atoms with Crippen LogP contribution in [0.5, 0.6) is 0 Å². The van der Waals surface area contributed by atoms with Crippen molar-refractivity contribution in [2.45, 2.75) is 25.3 Å². The van der Waals surface area contributed by atoms with Gasteiger partial charge in [0.2, 0.25) is 0 Å². The normalized spacial score (nSPS) is 17.5. The van der Waals surface area contributed by atoms with Crippen LogP contribution >= 0.6 is 0 Å². The lowest BCUT2D eigenvalue weighted by Crippen LogP contribution is -2.32. The van der Waals surface area contributed by atoms with E-state index in [-0.39, 0.29) is 6.04 Å². The summed E-state index contributed by atoms with van der Waals surface area (Å²) in [5.41, 5.74) is 1.21. The summed E-state index contributed by atoms with van der Waals surface area (Å²) in [6, 6.07) is 12.7. The van der Waals surface area contributed by atoms with E-state index in [1.165, 1.54) is 31.5 Å². The first kappa shape index (κ1) is 13.1. The van der Waals surface area contributed by atoms with E-state index in [0.717, 1.165) is 13.1 Å². The average Bonchev–Trinajstić information content (AvgIpc) is 2.92. The van der Waals surface area contributed by atoms with Crippen molar-refractivity contribution in [3.05, 3.63) is 35.9 Å². The molecule has 1 saturated heterocycles. The summed E-state index contributed by atoms with van der Waals surface area (Å²) in [6.45, 7) is 4.52. The topological polar surface area (TPSA) is 39.1 Å². The number of nitrogens with one attached hydrogen (secondary N) is 1. The highest BCUT2D eigenvalue weighted by Crippen LogP contribution is 2.15. The predicted molar refractivity (Wildman–Crippen MR) is 73.1 cm³/mol. The third kappa shape index (κ3) is 3.83. The number of rotatable bonds is 6. The van der Waals surface area contributed by atoms with E-state index in [9.17, 15) is 0 Å². The minimum atomic E-state index is 0.166. The van der Waals surface area contributed by atoms with Crippen molar-refractivity contribution in [3.8, 4) is 6.07 Å². The molecule has 0 radical (unpaired) electrons. The predicted octanol–water partition coefficient (Wildman–Crippen LogP) is 2.33. The van der Waals surface area contributed by atoms with E-state index in [1.54, 1.807) is 0 Å². The molecule has 0 aliphatic carbocycles. The monoisotopic (exact) mass is 243 g/mol. The Morgan fingerprint density at radius 3 is 2.61 bits per heavy atom. The van der Waals surface area contributed by atoms with E-state index >= 15 is 0 Å². The maximum absolute atomic E-state index is 8.91. The van der Waals surface area contributed by atoms with Gasteiger partial charge in [0.25, 0.3) is 0 Å². The lowest BCUT2D eigenvalue weighted by Gasteiger charge is -2.19. The van der Waals surface area contributed by atoms with Crippen molar-refractivity contribution in [3.63, 3.8) is 0 Å². The molecule has 0 spiro atoms. The number of hydrogen-bond acceptors (Lipinski definition) is 3. The van der Waals surface area contributed by atoms with Crippen molar-refractivity contribution in [1.29, 1.82) is 5.26 Å². The van der Waals surface area contributed by atoms with Gasteiger partial charge in [-0.3, -0.25) is 0 Å². The van der Waals surface area contributed by atoms with Crippen LogP contribution in [-0.2, 0) is 0 Å². The van der Waals surface area contributed by atoms with Crippen LogP contribution in [0.25, 0.3) is 0 Å². The van der Waals surface area contributed by atoms with Crippen LogP contribution in [0.2, 0.25) is 0 Å². The molecule has 96 valence electrons. The van der Waals surface area contributed by atoms with Crippen LogP contribution in [0.15, 0.2) is 30.3 Å². The number of nitrogens with zero attached hydrogens (tertiary/aromatic N) is 2. The van der Waals surface area contributed by atoms with Gasteiger partial charge in [-0.05, 0) is 31.5 Å². The molecule has 1 aliphatic rings. The number of benzene rings is 1. The van der Waals surface area contributed by atoms with Gasteiger partial charge in [-0.15, -0.1) is 0 Å². The Morgan fingerprint density at radius 2 is 1.94 bits per heavy atom. The van der Waals surface area contributed by atoms with Gasteiger partial charge in [-0.25, -0.2) is 0 Å². The minimum Gasteiger partial charge on any atom is -0.308 e. The van der Waals surface area contributed by atoms with Crippen molar-refractivity contribution in [2.75, 3.05) is 26.2 Å². The van der Waals surface area contributed by atoms with Gasteiger partial charge in [0, 0.05) is 19.1 Å². The molecule has 1 atom stereocenters. The molecule has 1 unspecified atom stereocenters. The second-order valence-electron chi connectivity index (χ2n) is 4.83. The van der Waals surface area contributed by atoms with Crippen LogP contribution in [0.1, 0.15) is 30.9 Å². The summed E-state index contributed by atoms with van der Waals surface area (Å²) in [5, 5.41) is 12.4. The molecular formula is C15H21N3. The first-order chi connectivity index (χ1) is 8.90. The molecule has 3 nitrogen and oxygen atoms in total. The third-order valence-corrected chi connectivity index (χ3v) is 3.51.